The molecule has 3 heteroatoms. The lowest BCUT2D eigenvalue weighted by Gasteiger charge is -2.11. The second kappa shape index (κ2) is 8.68. The molecular formula is C23H30O2S. The Morgan fingerprint density at radius 3 is 2.19 bits per heavy atom. The van der Waals surface area contributed by atoms with E-state index in [0.717, 1.165) is 34.4 Å². The molecule has 0 spiro atoms. The number of carbonyl (C=O) groups is 1. The fourth-order valence-corrected chi connectivity index (χ4v) is 4.24. The van der Waals surface area contributed by atoms with Crippen LogP contribution >= 0.6 is 11.3 Å². The normalized spacial score (nSPS) is 11.8. The number of hydrogen-bond acceptors (Lipinski definition) is 3. The molecule has 2 aromatic rings. The number of phenolic OH excluding ortho intramolecular Hbond substituents is 1. The van der Waals surface area contributed by atoms with E-state index in [9.17, 15) is 9.90 Å². The van der Waals surface area contributed by atoms with Crippen LogP contribution in [0.1, 0.15) is 65.2 Å². The zero-order valence-corrected chi connectivity index (χ0v) is 17.5. The molecule has 0 saturated carbocycles. The topological polar surface area (TPSA) is 37.3 Å². The van der Waals surface area contributed by atoms with Crippen LogP contribution < -0.4 is 0 Å². The summed E-state index contributed by atoms with van der Waals surface area (Å²) in [6, 6.07) is 3.81. The van der Waals surface area contributed by atoms with Gasteiger partial charge in [-0.15, -0.1) is 11.3 Å². The molecule has 1 aromatic carbocycles. The summed E-state index contributed by atoms with van der Waals surface area (Å²) in [6.07, 6.45) is 5.48. The molecule has 2 rings (SSSR count). The molecule has 26 heavy (non-hydrogen) atoms. The van der Waals surface area contributed by atoms with E-state index in [4.69, 9.17) is 0 Å². The van der Waals surface area contributed by atoms with Gasteiger partial charge in [0.1, 0.15) is 5.75 Å². The van der Waals surface area contributed by atoms with Gasteiger partial charge in [0.15, 0.2) is 5.78 Å². The van der Waals surface area contributed by atoms with Gasteiger partial charge >= 0.3 is 0 Å². The average molecular weight is 371 g/mol. The van der Waals surface area contributed by atoms with Crippen molar-refractivity contribution < 1.29 is 9.90 Å². The number of aryl methyl sites for hydroxylation is 2. The summed E-state index contributed by atoms with van der Waals surface area (Å²) in [4.78, 5) is 13.7. The molecular weight excluding hydrogens is 340 g/mol. The van der Waals surface area contributed by atoms with Crippen molar-refractivity contribution in [1.29, 1.82) is 0 Å². The maximum absolute atomic E-state index is 12.8. The van der Waals surface area contributed by atoms with Crippen molar-refractivity contribution in [3.63, 3.8) is 0 Å². The fraction of sp³-hybridized carbons (Fsp3) is 0.435. The van der Waals surface area contributed by atoms with Crippen LogP contribution in [-0.2, 0) is 12.8 Å². The Hall–Kier alpha value is -1.87. The van der Waals surface area contributed by atoms with E-state index >= 15 is 0 Å². The van der Waals surface area contributed by atoms with Gasteiger partial charge < -0.3 is 5.11 Å². The number of hydrogen-bond donors (Lipinski definition) is 1. The second-order valence-corrected chi connectivity index (χ2v) is 8.85. The van der Waals surface area contributed by atoms with Crippen LogP contribution in [0.2, 0.25) is 0 Å². The number of rotatable bonds is 7. The Labute approximate surface area is 161 Å². The summed E-state index contributed by atoms with van der Waals surface area (Å²) in [6.45, 7) is 12.6. The molecule has 0 fully saturated rings. The third kappa shape index (κ3) is 5.07. The van der Waals surface area contributed by atoms with Crippen molar-refractivity contribution >= 4 is 23.2 Å². The summed E-state index contributed by atoms with van der Waals surface area (Å²) in [5.74, 6) is 1.50. The van der Waals surface area contributed by atoms with E-state index in [0.29, 0.717) is 17.6 Å². The molecule has 0 aliphatic carbocycles. The Balaban J connectivity index is 2.30. The monoisotopic (exact) mass is 370 g/mol. The van der Waals surface area contributed by atoms with Crippen molar-refractivity contribution in [1.82, 2.24) is 0 Å². The van der Waals surface area contributed by atoms with Gasteiger partial charge in [-0.25, -0.2) is 0 Å². The summed E-state index contributed by atoms with van der Waals surface area (Å²) >= 11 is 1.57. The molecule has 0 amide bonds. The molecule has 1 N–H and O–H groups in total. The molecule has 0 unspecified atom stereocenters. The predicted molar refractivity (Wildman–Crippen MR) is 112 cm³/mol. The molecule has 1 aromatic heterocycles. The first-order valence-electron chi connectivity index (χ1n) is 9.30. The van der Waals surface area contributed by atoms with Gasteiger partial charge in [-0.3, -0.25) is 4.79 Å². The van der Waals surface area contributed by atoms with Crippen molar-refractivity contribution in [3.8, 4) is 5.75 Å². The van der Waals surface area contributed by atoms with Crippen molar-refractivity contribution in [2.24, 2.45) is 11.8 Å². The van der Waals surface area contributed by atoms with E-state index in [1.807, 2.05) is 32.1 Å². The highest BCUT2D eigenvalue weighted by atomic mass is 32.1. The van der Waals surface area contributed by atoms with Gasteiger partial charge in [0.25, 0.3) is 0 Å². The molecule has 0 aliphatic rings. The summed E-state index contributed by atoms with van der Waals surface area (Å²) in [5.41, 5.74) is 5.15. The highest BCUT2D eigenvalue weighted by molar-refractivity contribution is 7.12. The molecule has 0 saturated heterocycles. The molecule has 2 nitrogen and oxygen atoms in total. The Morgan fingerprint density at radius 2 is 1.65 bits per heavy atom. The van der Waals surface area contributed by atoms with Crippen molar-refractivity contribution in [3.05, 3.63) is 56.3 Å². The first kappa shape index (κ1) is 20.4. The van der Waals surface area contributed by atoms with E-state index in [1.165, 1.54) is 11.1 Å². The number of phenols is 1. The van der Waals surface area contributed by atoms with E-state index in [-0.39, 0.29) is 5.78 Å². The van der Waals surface area contributed by atoms with Gasteiger partial charge in [-0.1, -0.05) is 33.8 Å². The minimum atomic E-state index is 0.0732. The Morgan fingerprint density at radius 1 is 1.08 bits per heavy atom. The van der Waals surface area contributed by atoms with Crippen LogP contribution in [0.15, 0.2) is 23.6 Å². The highest BCUT2D eigenvalue weighted by Crippen LogP contribution is 2.29. The van der Waals surface area contributed by atoms with Crippen LogP contribution in [0, 0.1) is 25.7 Å². The van der Waals surface area contributed by atoms with Gasteiger partial charge in [0, 0.05) is 0 Å². The predicted octanol–water partition coefficient (Wildman–Crippen LogP) is 6.36. The number of allylic oxidation sites excluding steroid dienone is 1. The second-order valence-electron chi connectivity index (χ2n) is 7.97. The molecule has 1 heterocycles. The number of benzene rings is 1. The van der Waals surface area contributed by atoms with E-state index in [1.54, 1.807) is 17.4 Å². The molecule has 0 aliphatic heterocycles. The SMILES string of the molecule is Cc1cc(C=CC(=O)c2scc(CC(C)C)c2CC(C)C)cc(C)c1O. The molecule has 140 valence electrons. The van der Waals surface area contributed by atoms with Gasteiger partial charge in [-0.05, 0) is 89.9 Å². The minimum Gasteiger partial charge on any atom is -0.507 e. The number of carbonyl (C=O) groups excluding carboxylic acids is 1. The number of ketones is 1. The standard InChI is InChI=1S/C23H30O2S/c1-14(2)9-19-13-26-23(20(19)10-15(3)4)21(24)8-7-18-11-16(5)22(25)17(6)12-18/h7-8,11-15,25H,9-10H2,1-6H3. The summed E-state index contributed by atoms with van der Waals surface area (Å²) < 4.78 is 0. The van der Waals surface area contributed by atoms with Gasteiger partial charge in [0.2, 0.25) is 0 Å². The van der Waals surface area contributed by atoms with Crippen LogP contribution in [-0.4, -0.2) is 10.9 Å². The first-order chi connectivity index (χ1) is 12.2. The lowest BCUT2D eigenvalue weighted by molar-refractivity contribution is 0.105. The Kier molecular flexibility index (Phi) is 6.82. The maximum atomic E-state index is 12.8. The number of thiophene rings is 1. The third-order valence-corrected chi connectivity index (χ3v) is 5.47. The maximum Gasteiger partial charge on any atom is 0.196 e. The fourth-order valence-electron chi connectivity index (χ4n) is 3.20. The van der Waals surface area contributed by atoms with Crippen LogP contribution in [0.4, 0.5) is 0 Å². The van der Waals surface area contributed by atoms with Crippen LogP contribution in [0.3, 0.4) is 0 Å². The Bertz CT molecular complexity index is 787. The third-order valence-electron chi connectivity index (χ3n) is 4.39. The summed E-state index contributed by atoms with van der Waals surface area (Å²) in [7, 11) is 0. The minimum absolute atomic E-state index is 0.0732. The molecule has 0 bridgehead atoms. The highest BCUT2D eigenvalue weighted by Gasteiger charge is 2.18. The van der Waals surface area contributed by atoms with E-state index < -0.39 is 0 Å². The quantitative estimate of drug-likeness (QED) is 0.454. The largest absolute Gasteiger partial charge is 0.507 e. The smallest absolute Gasteiger partial charge is 0.196 e. The van der Waals surface area contributed by atoms with Gasteiger partial charge in [0.05, 0.1) is 4.88 Å². The van der Waals surface area contributed by atoms with Crippen LogP contribution in [0.25, 0.3) is 6.08 Å². The lowest BCUT2D eigenvalue weighted by atomic mass is 9.94. The van der Waals surface area contributed by atoms with E-state index in [2.05, 4.69) is 33.1 Å². The van der Waals surface area contributed by atoms with Gasteiger partial charge in [-0.2, -0.15) is 0 Å². The molecule has 0 atom stereocenters. The van der Waals surface area contributed by atoms with Crippen molar-refractivity contribution in [2.75, 3.05) is 0 Å². The lowest BCUT2D eigenvalue weighted by Crippen LogP contribution is -2.05. The molecule has 0 radical (unpaired) electrons. The summed E-state index contributed by atoms with van der Waals surface area (Å²) in [5, 5.41) is 12.1. The zero-order chi connectivity index (χ0) is 19.4. The van der Waals surface area contributed by atoms with Crippen LogP contribution in [0.5, 0.6) is 5.75 Å². The number of aromatic hydroxyl groups is 1. The average Bonchev–Trinajstić information content (AvgIpc) is 2.91. The zero-order valence-electron chi connectivity index (χ0n) is 16.7. The first-order valence-corrected chi connectivity index (χ1v) is 10.2. The van der Waals surface area contributed by atoms with Crippen molar-refractivity contribution in [2.45, 2.75) is 54.4 Å².